The first-order chi connectivity index (χ1) is 8.04. The molecule has 2 N–H and O–H groups in total. The fraction of sp³-hybridized carbons (Fsp3) is 0.600. The summed E-state index contributed by atoms with van der Waals surface area (Å²) in [4.78, 5) is 22.8. The van der Waals surface area contributed by atoms with Crippen molar-refractivity contribution in [1.82, 2.24) is 14.9 Å². The largest absolute Gasteiger partial charge is 0.481 e. The van der Waals surface area contributed by atoms with Gasteiger partial charge in [-0.1, -0.05) is 17.8 Å². The maximum atomic E-state index is 11.7. The summed E-state index contributed by atoms with van der Waals surface area (Å²) in [5, 5.41) is 15.1. The van der Waals surface area contributed by atoms with Crippen LogP contribution >= 0.6 is 11.5 Å². The predicted molar refractivity (Wildman–Crippen MR) is 63.0 cm³/mol. The average Bonchev–Trinajstić information content (AvgIpc) is 2.69. The van der Waals surface area contributed by atoms with E-state index >= 15 is 0 Å². The summed E-state index contributed by atoms with van der Waals surface area (Å²) in [6.07, 6.45) is 0.781. The Bertz CT molecular complexity index is 405. The Morgan fingerprint density at radius 2 is 2.24 bits per heavy atom. The number of amides is 1. The van der Waals surface area contributed by atoms with Crippen LogP contribution in [0.25, 0.3) is 0 Å². The van der Waals surface area contributed by atoms with E-state index in [1.54, 1.807) is 6.92 Å². The van der Waals surface area contributed by atoms with Crippen LogP contribution in [0.15, 0.2) is 0 Å². The van der Waals surface area contributed by atoms with Crippen molar-refractivity contribution in [3.05, 3.63) is 10.6 Å². The number of nitrogens with zero attached hydrogens (tertiary/aromatic N) is 2. The summed E-state index contributed by atoms with van der Waals surface area (Å²) in [5.74, 6) is -1.12. The molecular weight excluding hydrogens is 242 g/mol. The quantitative estimate of drug-likeness (QED) is 0.795. The molecule has 1 heterocycles. The van der Waals surface area contributed by atoms with E-state index in [2.05, 4.69) is 14.9 Å². The van der Waals surface area contributed by atoms with Crippen LogP contribution in [0, 0.1) is 12.8 Å². The zero-order valence-electron chi connectivity index (χ0n) is 9.77. The topological polar surface area (TPSA) is 92.2 Å². The maximum absolute atomic E-state index is 11.7. The monoisotopic (exact) mass is 257 g/mol. The first-order valence-corrected chi connectivity index (χ1v) is 6.10. The molecule has 0 aliphatic carbocycles. The number of rotatable bonds is 6. The molecule has 17 heavy (non-hydrogen) atoms. The Morgan fingerprint density at radius 3 is 2.71 bits per heavy atom. The van der Waals surface area contributed by atoms with Crippen molar-refractivity contribution in [2.75, 3.05) is 6.54 Å². The van der Waals surface area contributed by atoms with Crippen LogP contribution in [0.4, 0.5) is 0 Å². The third-order valence-corrected chi connectivity index (χ3v) is 3.28. The lowest BCUT2D eigenvalue weighted by Crippen LogP contribution is -2.30. The highest BCUT2D eigenvalue weighted by Gasteiger charge is 2.16. The number of hydrogen-bond acceptors (Lipinski definition) is 5. The Hall–Kier alpha value is -1.50. The normalized spacial score (nSPS) is 12.1. The number of carboxylic acids is 1. The number of nitrogens with one attached hydrogen (secondary N) is 1. The van der Waals surface area contributed by atoms with Gasteiger partial charge in [-0.2, -0.15) is 0 Å². The van der Waals surface area contributed by atoms with Gasteiger partial charge in [-0.3, -0.25) is 9.59 Å². The maximum Gasteiger partial charge on any atom is 0.303 e. The number of carboxylic acid groups (broad SMARTS) is 1. The van der Waals surface area contributed by atoms with E-state index < -0.39 is 5.97 Å². The van der Waals surface area contributed by atoms with E-state index in [0.717, 1.165) is 11.5 Å². The van der Waals surface area contributed by atoms with Crippen LogP contribution in [0.2, 0.25) is 0 Å². The van der Waals surface area contributed by atoms with Crippen molar-refractivity contribution in [2.45, 2.75) is 26.7 Å². The molecule has 6 nitrogen and oxygen atoms in total. The molecule has 94 valence electrons. The lowest BCUT2D eigenvalue weighted by Gasteiger charge is -2.12. The van der Waals surface area contributed by atoms with Crippen LogP contribution < -0.4 is 5.32 Å². The summed E-state index contributed by atoms with van der Waals surface area (Å²) < 4.78 is 3.68. The molecule has 0 aliphatic rings. The van der Waals surface area contributed by atoms with E-state index in [4.69, 9.17) is 5.11 Å². The van der Waals surface area contributed by atoms with Gasteiger partial charge in [-0.15, -0.1) is 5.10 Å². The molecule has 7 heteroatoms. The molecule has 1 aromatic rings. The molecule has 0 bridgehead atoms. The van der Waals surface area contributed by atoms with Crippen molar-refractivity contribution in [3.8, 4) is 0 Å². The molecule has 0 fully saturated rings. The van der Waals surface area contributed by atoms with Crippen LogP contribution in [-0.2, 0) is 4.79 Å². The van der Waals surface area contributed by atoms with E-state index in [1.165, 1.54) is 0 Å². The predicted octanol–water partition coefficient (Wildman–Crippen LogP) is 1.08. The van der Waals surface area contributed by atoms with Gasteiger partial charge in [0, 0.05) is 13.0 Å². The van der Waals surface area contributed by atoms with E-state index in [0.29, 0.717) is 23.5 Å². The van der Waals surface area contributed by atoms with Crippen molar-refractivity contribution >= 4 is 23.4 Å². The van der Waals surface area contributed by atoms with Gasteiger partial charge in [0.15, 0.2) is 0 Å². The second-order valence-electron chi connectivity index (χ2n) is 3.77. The number of aryl methyl sites for hydroxylation is 1. The van der Waals surface area contributed by atoms with Gasteiger partial charge in [-0.25, -0.2) is 0 Å². The van der Waals surface area contributed by atoms with Gasteiger partial charge in [0.25, 0.3) is 5.91 Å². The van der Waals surface area contributed by atoms with E-state index in [1.807, 2.05) is 6.92 Å². The third-order valence-electron chi connectivity index (χ3n) is 2.45. The van der Waals surface area contributed by atoms with Crippen LogP contribution in [0.5, 0.6) is 0 Å². The zero-order chi connectivity index (χ0) is 12.8. The SMILES string of the molecule is CCC(CNC(=O)c1snnc1C)CC(=O)O. The highest BCUT2D eigenvalue weighted by molar-refractivity contribution is 7.07. The highest BCUT2D eigenvalue weighted by Crippen LogP contribution is 2.10. The number of carbonyl (C=O) groups excluding carboxylic acids is 1. The minimum atomic E-state index is -0.846. The molecule has 0 saturated heterocycles. The smallest absolute Gasteiger partial charge is 0.303 e. The van der Waals surface area contributed by atoms with Crippen molar-refractivity contribution < 1.29 is 14.7 Å². The molecule has 1 rings (SSSR count). The fourth-order valence-electron chi connectivity index (χ4n) is 1.36. The lowest BCUT2D eigenvalue weighted by molar-refractivity contribution is -0.138. The molecule has 0 saturated carbocycles. The molecule has 0 aromatic carbocycles. The first-order valence-electron chi connectivity index (χ1n) is 5.33. The number of aromatic nitrogens is 2. The van der Waals surface area contributed by atoms with Crippen molar-refractivity contribution in [1.29, 1.82) is 0 Å². The van der Waals surface area contributed by atoms with Crippen LogP contribution in [0.1, 0.15) is 35.1 Å². The fourth-order valence-corrected chi connectivity index (χ4v) is 1.94. The van der Waals surface area contributed by atoms with Gasteiger partial charge in [-0.05, 0) is 24.4 Å². The van der Waals surface area contributed by atoms with Crippen LogP contribution in [0.3, 0.4) is 0 Å². The second-order valence-corrected chi connectivity index (χ2v) is 4.52. The van der Waals surface area contributed by atoms with Gasteiger partial charge in [0.1, 0.15) is 4.88 Å². The lowest BCUT2D eigenvalue weighted by atomic mass is 10.0. The Morgan fingerprint density at radius 1 is 1.53 bits per heavy atom. The minimum absolute atomic E-state index is 0.0439. The second kappa shape index (κ2) is 6.29. The molecule has 1 unspecified atom stereocenters. The number of aliphatic carboxylic acids is 1. The van der Waals surface area contributed by atoms with Gasteiger partial charge >= 0.3 is 5.97 Å². The Kier molecular flexibility index (Phi) is 5.02. The summed E-state index contributed by atoms with van der Waals surface area (Å²) in [6.45, 7) is 3.98. The summed E-state index contributed by atoms with van der Waals surface area (Å²) in [5.41, 5.74) is 0.596. The summed E-state index contributed by atoms with van der Waals surface area (Å²) in [7, 11) is 0. The highest BCUT2D eigenvalue weighted by atomic mass is 32.1. The molecule has 1 aromatic heterocycles. The number of hydrogen-bond donors (Lipinski definition) is 2. The average molecular weight is 257 g/mol. The molecule has 0 radical (unpaired) electrons. The summed E-state index contributed by atoms with van der Waals surface area (Å²) >= 11 is 1.04. The molecular formula is C10H15N3O3S. The number of carbonyl (C=O) groups is 2. The first kappa shape index (κ1) is 13.6. The Labute approximate surface area is 103 Å². The molecule has 0 spiro atoms. The van der Waals surface area contributed by atoms with Crippen LogP contribution in [-0.4, -0.2) is 33.1 Å². The minimum Gasteiger partial charge on any atom is -0.481 e. The molecule has 1 amide bonds. The van der Waals surface area contributed by atoms with Crippen molar-refractivity contribution in [3.63, 3.8) is 0 Å². The third kappa shape index (κ3) is 4.10. The zero-order valence-corrected chi connectivity index (χ0v) is 10.6. The molecule has 0 aliphatic heterocycles. The van der Waals surface area contributed by atoms with Crippen molar-refractivity contribution in [2.24, 2.45) is 5.92 Å². The standard InChI is InChI=1S/C10H15N3O3S/c1-3-7(4-8(14)15)5-11-10(16)9-6(2)12-13-17-9/h7H,3-5H2,1-2H3,(H,11,16)(H,14,15). The summed E-state index contributed by atoms with van der Waals surface area (Å²) in [6, 6.07) is 0. The Balaban J connectivity index is 2.47. The van der Waals surface area contributed by atoms with Gasteiger partial charge < -0.3 is 10.4 Å². The van der Waals surface area contributed by atoms with E-state index in [-0.39, 0.29) is 18.2 Å². The van der Waals surface area contributed by atoms with Gasteiger partial charge in [0.2, 0.25) is 0 Å². The molecule has 1 atom stereocenters. The van der Waals surface area contributed by atoms with Gasteiger partial charge in [0.05, 0.1) is 5.69 Å². The van der Waals surface area contributed by atoms with E-state index in [9.17, 15) is 9.59 Å².